The fourth-order valence-corrected chi connectivity index (χ4v) is 2.48. The van der Waals surface area contributed by atoms with Crippen LogP contribution in [0.4, 0.5) is 0 Å². The van der Waals surface area contributed by atoms with E-state index in [4.69, 9.17) is 9.47 Å². The van der Waals surface area contributed by atoms with E-state index in [9.17, 15) is 9.59 Å². The van der Waals surface area contributed by atoms with Crippen molar-refractivity contribution in [2.45, 2.75) is 19.9 Å². The highest BCUT2D eigenvalue weighted by Crippen LogP contribution is 2.32. The number of carbonyl (C=O) groups excluding carboxylic acids is 2. The van der Waals surface area contributed by atoms with Crippen LogP contribution in [0.5, 0.6) is 11.5 Å². The van der Waals surface area contributed by atoms with Gasteiger partial charge in [-0.15, -0.1) is 0 Å². The first-order valence-corrected chi connectivity index (χ1v) is 8.22. The zero-order valence-electron chi connectivity index (χ0n) is 14.0. The van der Waals surface area contributed by atoms with E-state index in [1.165, 1.54) is 0 Å². The molecule has 2 aromatic rings. The van der Waals surface area contributed by atoms with Gasteiger partial charge in [-0.1, -0.05) is 19.1 Å². The maximum absolute atomic E-state index is 12.3. The number of carbonyl (C=O) groups is 2. The summed E-state index contributed by atoms with van der Waals surface area (Å²) >= 11 is 0. The van der Waals surface area contributed by atoms with Crippen molar-refractivity contribution in [3.8, 4) is 11.5 Å². The van der Waals surface area contributed by atoms with Gasteiger partial charge in [0, 0.05) is 24.2 Å². The zero-order valence-corrected chi connectivity index (χ0v) is 14.0. The van der Waals surface area contributed by atoms with Gasteiger partial charge in [-0.2, -0.15) is 0 Å². The van der Waals surface area contributed by atoms with Crippen molar-refractivity contribution in [3.63, 3.8) is 0 Å². The van der Waals surface area contributed by atoms with E-state index in [0.29, 0.717) is 35.7 Å². The van der Waals surface area contributed by atoms with Crippen LogP contribution in [0.25, 0.3) is 0 Å². The lowest BCUT2D eigenvalue weighted by molar-refractivity contribution is 0.0950. The molecule has 3 rings (SSSR count). The average molecular weight is 340 g/mol. The second kappa shape index (κ2) is 7.70. The van der Waals surface area contributed by atoms with E-state index in [2.05, 4.69) is 10.6 Å². The summed E-state index contributed by atoms with van der Waals surface area (Å²) in [4.78, 5) is 24.3. The van der Waals surface area contributed by atoms with Gasteiger partial charge < -0.3 is 20.1 Å². The van der Waals surface area contributed by atoms with Crippen LogP contribution >= 0.6 is 0 Å². The third-order valence-electron chi connectivity index (χ3n) is 3.81. The second-order valence-corrected chi connectivity index (χ2v) is 5.71. The Labute approximate surface area is 146 Å². The molecule has 0 saturated heterocycles. The molecule has 0 atom stereocenters. The van der Waals surface area contributed by atoms with Crippen molar-refractivity contribution in [2.75, 3.05) is 13.3 Å². The quantitative estimate of drug-likeness (QED) is 0.847. The molecule has 0 bridgehead atoms. The highest BCUT2D eigenvalue weighted by molar-refractivity contribution is 5.99. The normalized spacial score (nSPS) is 11.9. The minimum atomic E-state index is -0.234. The summed E-state index contributed by atoms with van der Waals surface area (Å²) in [6, 6.07) is 12.2. The lowest BCUT2D eigenvalue weighted by Crippen LogP contribution is -2.26. The summed E-state index contributed by atoms with van der Waals surface area (Å²) in [6.07, 6.45) is 0.863. The van der Waals surface area contributed by atoms with E-state index in [1.54, 1.807) is 24.3 Å². The monoisotopic (exact) mass is 340 g/mol. The molecule has 1 aliphatic heterocycles. The number of nitrogens with one attached hydrogen (secondary N) is 2. The summed E-state index contributed by atoms with van der Waals surface area (Å²) in [6.45, 7) is 3.18. The first-order chi connectivity index (χ1) is 12.2. The molecule has 1 aliphatic rings. The number of ether oxygens (including phenoxy) is 2. The van der Waals surface area contributed by atoms with Crippen LogP contribution in [-0.2, 0) is 6.54 Å². The van der Waals surface area contributed by atoms with E-state index < -0.39 is 0 Å². The number of rotatable bonds is 6. The van der Waals surface area contributed by atoms with Crippen LogP contribution in [0, 0.1) is 0 Å². The van der Waals surface area contributed by atoms with Crippen molar-refractivity contribution >= 4 is 11.8 Å². The maximum Gasteiger partial charge on any atom is 0.251 e. The molecule has 25 heavy (non-hydrogen) atoms. The largest absolute Gasteiger partial charge is 0.454 e. The summed E-state index contributed by atoms with van der Waals surface area (Å²) in [5, 5.41) is 5.65. The molecule has 0 unspecified atom stereocenters. The van der Waals surface area contributed by atoms with Crippen LogP contribution in [0.1, 0.15) is 39.6 Å². The molecule has 0 saturated carbocycles. The van der Waals surface area contributed by atoms with Crippen molar-refractivity contribution < 1.29 is 19.1 Å². The topological polar surface area (TPSA) is 76.7 Å². The molecule has 130 valence electrons. The molecule has 6 heteroatoms. The average Bonchev–Trinajstić information content (AvgIpc) is 3.12. The summed E-state index contributed by atoms with van der Waals surface area (Å²) in [5.74, 6) is 0.984. The Hall–Kier alpha value is -3.02. The Morgan fingerprint density at radius 3 is 2.44 bits per heavy atom. The second-order valence-electron chi connectivity index (χ2n) is 5.71. The third-order valence-corrected chi connectivity index (χ3v) is 3.81. The van der Waals surface area contributed by atoms with E-state index >= 15 is 0 Å². The first kappa shape index (κ1) is 16.8. The molecule has 2 aromatic carbocycles. The van der Waals surface area contributed by atoms with E-state index in [1.807, 2.05) is 25.1 Å². The van der Waals surface area contributed by atoms with Gasteiger partial charge in [-0.3, -0.25) is 9.59 Å². The molecule has 0 aliphatic carbocycles. The Balaban J connectivity index is 1.62. The van der Waals surface area contributed by atoms with Crippen molar-refractivity contribution in [2.24, 2.45) is 0 Å². The fourth-order valence-electron chi connectivity index (χ4n) is 2.48. The van der Waals surface area contributed by atoms with Crippen LogP contribution in [-0.4, -0.2) is 25.2 Å². The molecule has 0 spiro atoms. The van der Waals surface area contributed by atoms with E-state index in [0.717, 1.165) is 12.0 Å². The van der Waals surface area contributed by atoms with Crippen LogP contribution in [0.15, 0.2) is 42.5 Å². The van der Waals surface area contributed by atoms with Gasteiger partial charge in [0.15, 0.2) is 11.5 Å². The summed E-state index contributed by atoms with van der Waals surface area (Å²) < 4.78 is 10.6. The first-order valence-electron chi connectivity index (χ1n) is 8.22. The molecular formula is C19H20N2O4. The fraction of sp³-hybridized carbons (Fsp3) is 0.263. The van der Waals surface area contributed by atoms with Crippen molar-refractivity contribution in [1.82, 2.24) is 10.6 Å². The van der Waals surface area contributed by atoms with E-state index in [-0.39, 0.29) is 18.6 Å². The number of hydrogen-bond donors (Lipinski definition) is 2. The lowest BCUT2D eigenvalue weighted by atomic mass is 10.1. The number of hydrogen-bond acceptors (Lipinski definition) is 4. The van der Waals surface area contributed by atoms with Crippen LogP contribution in [0.2, 0.25) is 0 Å². The SMILES string of the molecule is CCCNC(=O)c1cccc(C(=O)NCc2ccc3c(c2)OCO3)c1. The zero-order chi connectivity index (χ0) is 17.6. The molecule has 0 radical (unpaired) electrons. The lowest BCUT2D eigenvalue weighted by Gasteiger charge is -2.08. The van der Waals surface area contributed by atoms with Gasteiger partial charge in [0.25, 0.3) is 11.8 Å². The predicted octanol–water partition coefficient (Wildman–Crippen LogP) is 2.49. The summed E-state index contributed by atoms with van der Waals surface area (Å²) in [7, 11) is 0. The number of amides is 2. The van der Waals surface area contributed by atoms with Crippen LogP contribution < -0.4 is 20.1 Å². The standard InChI is InChI=1S/C19H20N2O4/c1-2-8-20-18(22)14-4-3-5-15(10-14)19(23)21-11-13-6-7-16-17(9-13)25-12-24-16/h3-7,9-10H,2,8,11-12H2,1H3,(H,20,22)(H,21,23). The molecule has 0 aromatic heterocycles. The molecule has 2 amide bonds. The highest BCUT2D eigenvalue weighted by atomic mass is 16.7. The van der Waals surface area contributed by atoms with Crippen molar-refractivity contribution in [1.29, 1.82) is 0 Å². The van der Waals surface area contributed by atoms with Gasteiger partial charge >= 0.3 is 0 Å². The Morgan fingerprint density at radius 1 is 0.960 bits per heavy atom. The Morgan fingerprint density at radius 2 is 1.68 bits per heavy atom. The van der Waals surface area contributed by atoms with Gasteiger partial charge in [0.2, 0.25) is 6.79 Å². The van der Waals surface area contributed by atoms with Gasteiger partial charge in [0.05, 0.1) is 0 Å². The smallest absolute Gasteiger partial charge is 0.251 e. The molecule has 6 nitrogen and oxygen atoms in total. The summed E-state index contributed by atoms with van der Waals surface area (Å²) in [5.41, 5.74) is 1.84. The number of fused-ring (bicyclic) bond motifs is 1. The Bertz CT molecular complexity index is 789. The third kappa shape index (κ3) is 4.09. The minimum Gasteiger partial charge on any atom is -0.454 e. The minimum absolute atomic E-state index is 0.174. The van der Waals surface area contributed by atoms with Gasteiger partial charge in [0.1, 0.15) is 0 Å². The van der Waals surface area contributed by atoms with Gasteiger partial charge in [-0.05, 0) is 42.3 Å². The molecule has 0 fully saturated rings. The molecular weight excluding hydrogens is 320 g/mol. The van der Waals surface area contributed by atoms with Crippen LogP contribution in [0.3, 0.4) is 0 Å². The number of benzene rings is 2. The molecule has 1 heterocycles. The molecule has 2 N–H and O–H groups in total. The Kier molecular flexibility index (Phi) is 5.18. The maximum atomic E-state index is 12.3. The van der Waals surface area contributed by atoms with Gasteiger partial charge in [-0.25, -0.2) is 0 Å². The highest BCUT2D eigenvalue weighted by Gasteiger charge is 2.14. The predicted molar refractivity (Wildman–Crippen MR) is 92.8 cm³/mol. The van der Waals surface area contributed by atoms with Crippen molar-refractivity contribution in [3.05, 3.63) is 59.2 Å².